The molecule has 0 heterocycles. The van der Waals surface area contributed by atoms with Gasteiger partial charge in [0, 0.05) is 0 Å². The van der Waals surface area contributed by atoms with Gasteiger partial charge in [0.15, 0.2) is 34.7 Å². The van der Waals surface area contributed by atoms with Crippen molar-refractivity contribution in [2.45, 2.75) is 121 Å². The summed E-state index contributed by atoms with van der Waals surface area (Å²) >= 11 is 0. The molecule has 260 valence electrons. The molecule has 0 aliphatic heterocycles. The van der Waals surface area contributed by atoms with Gasteiger partial charge in [-0.15, -0.1) is 26.3 Å². The highest BCUT2D eigenvalue weighted by Crippen LogP contribution is 2.33. The van der Waals surface area contributed by atoms with E-state index in [1.165, 1.54) is 0 Å². The zero-order valence-electron chi connectivity index (χ0n) is 27.1. The lowest BCUT2D eigenvalue weighted by Crippen LogP contribution is -2.70. The summed E-state index contributed by atoms with van der Waals surface area (Å²) in [5, 5.41) is 0. The van der Waals surface area contributed by atoms with Crippen molar-refractivity contribution in [3.63, 3.8) is 0 Å². The van der Waals surface area contributed by atoms with Crippen molar-refractivity contribution in [1.82, 2.24) is 0 Å². The topological polar surface area (TPSA) is 73.8 Å². The van der Waals surface area contributed by atoms with Gasteiger partial charge in [-0.25, -0.2) is 0 Å². The summed E-state index contributed by atoms with van der Waals surface area (Å²) in [6.07, 6.45) is 0. The predicted molar refractivity (Wildman–Crippen MR) is 213 cm³/mol. The van der Waals surface area contributed by atoms with E-state index in [-0.39, 0.29) is 29.7 Å². The fraction of sp³-hybridized carbons (Fsp3) is 0.692. The van der Waals surface area contributed by atoms with Crippen LogP contribution < -0.4 is 0 Å². The molecule has 0 unspecified atom stereocenters. The first-order valence-electron chi connectivity index (χ1n) is 13.3. The molecule has 17 heteroatoms. The molecule has 0 rings (SSSR count). The van der Waals surface area contributed by atoms with Gasteiger partial charge in [0.1, 0.15) is 0 Å². The molecule has 8 nitrogen and oxygen atoms in total. The van der Waals surface area contributed by atoms with Gasteiger partial charge in [-0.2, -0.15) is 0 Å². The third-order valence-corrected chi connectivity index (χ3v) is 35.7. The average molecular weight is 766 g/mol. The van der Waals surface area contributed by atoms with Crippen molar-refractivity contribution in [2.24, 2.45) is 0 Å². The minimum absolute atomic E-state index is 0. The highest BCUT2D eigenvalue weighted by Gasteiger charge is 2.62. The Kier molecular flexibility index (Phi) is 24.0. The molecule has 0 aromatic rings. The summed E-state index contributed by atoms with van der Waals surface area (Å²) in [5.74, 6) is 0. The first-order chi connectivity index (χ1) is 17.2. The third-order valence-electron chi connectivity index (χ3n) is 5.03. The van der Waals surface area contributed by atoms with Crippen LogP contribution >= 0.6 is 0 Å². The Morgan fingerprint density at radius 3 is 0.837 bits per heavy atom. The standard InChI is InChI=1S/C22H56O8Si9.4CH4/c1-19-31-23-35(11,12)27-39(28-36(13,14)24-32(5,6)20-2,29-37(15,16)25-33(7,8)21-3)30-38(17,18)26-34(9,10)22-4;;;;/h19-22H,1-4,31H2,5-18H3;4*1H4. The second-order valence-corrected chi connectivity index (χ2v) is 43.7. The van der Waals surface area contributed by atoms with Gasteiger partial charge in [0.2, 0.25) is 0 Å². The molecule has 0 saturated carbocycles. The molecule has 43 heavy (non-hydrogen) atoms. The molecule has 0 spiro atoms. The molecule has 0 aliphatic rings. The molecular formula is C26H72O8Si9. The smallest absolute Gasteiger partial charge is 0.438 e. The highest BCUT2D eigenvalue weighted by molar-refractivity contribution is 6.94. The van der Waals surface area contributed by atoms with Crippen LogP contribution in [-0.2, 0) is 32.9 Å². The Morgan fingerprint density at radius 2 is 0.628 bits per heavy atom. The normalized spacial score (nSPS) is 13.6. The minimum atomic E-state index is -4.03. The maximum Gasteiger partial charge on any atom is 0.643 e. The maximum absolute atomic E-state index is 6.96. The Bertz CT molecular complexity index is 775. The van der Waals surface area contributed by atoms with Crippen LogP contribution in [-0.4, -0.2) is 78.0 Å². The minimum Gasteiger partial charge on any atom is -0.438 e. The molecule has 0 aliphatic carbocycles. The Balaban J connectivity index is -0.00000120. The summed E-state index contributed by atoms with van der Waals surface area (Å²) in [6.45, 7) is 44.3. The second kappa shape index (κ2) is 19.4. The van der Waals surface area contributed by atoms with E-state index < -0.39 is 78.0 Å². The molecule has 0 fully saturated rings. The summed E-state index contributed by atoms with van der Waals surface area (Å²) in [5.41, 5.74) is 7.53. The van der Waals surface area contributed by atoms with Crippen LogP contribution in [0.5, 0.6) is 0 Å². The zero-order valence-corrected chi connectivity index (χ0v) is 36.5. The largest absolute Gasteiger partial charge is 0.643 e. The Labute approximate surface area is 280 Å². The van der Waals surface area contributed by atoms with Gasteiger partial charge >= 0.3 is 43.3 Å². The van der Waals surface area contributed by atoms with Crippen molar-refractivity contribution in [1.29, 1.82) is 0 Å². The van der Waals surface area contributed by atoms with E-state index in [9.17, 15) is 0 Å². The molecular weight excluding hydrogens is 693 g/mol. The first-order valence-corrected chi connectivity index (χ1v) is 36.5. The number of rotatable bonds is 20. The van der Waals surface area contributed by atoms with E-state index in [0.717, 1.165) is 0 Å². The lowest BCUT2D eigenvalue weighted by Gasteiger charge is -2.47. The summed E-state index contributed by atoms with van der Waals surface area (Å²) in [7, 11) is -23.2. The summed E-state index contributed by atoms with van der Waals surface area (Å²) in [4.78, 5) is 0. The zero-order chi connectivity index (χ0) is 31.2. The monoisotopic (exact) mass is 764 g/mol. The van der Waals surface area contributed by atoms with E-state index in [0.29, 0.717) is 0 Å². The van der Waals surface area contributed by atoms with E-state index in [2.05, 4.69) is 65.6 Å². The maximum atomic E-state index is 6.96. The van der Waals surface area contributed by atoms with Crippen LogP contribution in [0.15, 0.2) is 49.1 Å². The van der Waals surface area contributed by atoms with Crippen LogP contribution in [0.2, 0.25) is 91.7 Å². The molecule has 0 atom stereocenters. The summed E-state index contributed by atoms with van der Waals surface area (Å²) < 4.78 is 53.9. The average Bonchev–Trinajstić information content (AvgIpc) is 2.67. The molecule has 0 N–H and O–H groups in total. The number of hydrogen-bond donors (Lipinski definition) is 0. The SMILES string of the molecule is C.C.C.C.C=C[SiH2]O[Si](C)(C)O[Si](O[Si](C)(C)O[Si](C)(C)C=C)(O[Si](C)(C)O[Si](C)(C)C=C)O[Si](C)(C)O[Si](C)(C)C=C. The Hall–Kier alpha value is 0.592. The van der Waals surface area contributed by atoms with Crippen LogP contribution in [0, 0.1) is 0 Å². The summed E-state index contributed by atoms with van der Waals surface area (Å²) in [6, 6.07) is 0. The molecule has 0 amide bonds. The lowest BCUT2D eigenvalue weighted by atomic mass is 11.3. The highest BCUT2D eigenvalue weighted by atomic mass is 28.6. The van der Waals surface area contributed by atoms with E-state index >= 15 is 0 Å². The van der Waals surface area contributed by atoms with E-state index in [1.807, 2.05) is 75.2 Å². The van der Waals surface area contributed by atoms with Crippen molar-refractivity contribution in [3.05, 3.63) is 49.1 Å². The van der Waals surface area contributed by atoms with E-state index in [1.54, 1.807) is 0 Å². The van der Waals surface area contributed by atoms with Crippen molar-refractivity contribution in [2.75, 3.05) is 0 Å². The van der Waals surface area contributed by atoms with Crippen LogP contribution in [0.3, 0.4) is 0 Å². The molecule has 0 saturated heterocycles. The van der Waals surface area contributed by atoms with Gasteiger partial charge in [0.25, 0.3) is 0 Å². The van der Waals surface area contributed by atoms with Crippen LogP contribution in [0.1, 0.15) is 29.7 Å². The molecule has 0 aromatic carbocycles. The predicted octanol–water partition coefficient (Wildman–Crippen LogP) is 8.92. The first kappa shape index (κ1) is 53.1. The van der Waals surface area contributed by atoms with E-state index in [4.69, 9.17) is 32.9 Å². The van der Waals surface area contributed by atoms with Gasteiger partial charge in [-0.05, 0) is 91.7 Å². The van der Waals surface area contributed by atoms with Gasteiger partial charge in [-0.1, -0.05) is 52.5 Å². The number of hydrogen-bond acceptors (Lipinski definition) is 8. The molecule has 0 bridgehead atoms. The van der Waals surface area contributed by atoms with Crippen LogP contribution in [0.4, 0.5) is 0 Å². The quantitative estimate of drug-likeness (QED) is 0.114. The fourth-order valence-electron chi connectivity index (χ4n) is 3.71. The van der Waals surface area contributed by atoms with Crippen molar-refractivity contribution >= 4 is 78.0 Å². The van der Waals surface area contributed by atoms with Gasteiger partial charge in [0.05, 0.1) is 0 Å². The van der Waals surface area contributed by atoms with Crippen molar-refractivity contribution < 1.29 is 32.9 Å². The molecule has 0 aromatic heterocycles. The van der Waals surface area contributed by atoms with Gasteiger partial charge in [-0.3, -0.25) is 0 Å². The lowest BCUT2D eigenvalue weighted by molar-refractivity contribution is 0.104. The van der Waals surface area contributed by atoms with Gasteiger partial charge < -0.3 is 32.9 Å². The second-order valence-electron chi connectivity index (χ2n) is 12.8. The van der Waals surface area contributed by atoms with Crippen LogP contribution in [0.25, 0.3) is 0 Å². The third kappa shape index (κ3) is 21.9. The molecule has 0 radical (unpaired) electrons. The fourth-order valence-corrected chi connectivity index (χ4v) is 37.3. The van der Waals surface area contributed by atoms with Crippen molar-refractivity contribution in [3.8, 4) is 0 Å². The Morgan fingerprint density at radius 1 is 0.395 bits per heavy atom.